The molecule has 0 saturated heterocycles. The fourth-order valence-electron chi connectivity index (χ4n) is 4.91. The third-order valence-electron chi connectivity index (χ3n) is 6.51. The van der Waals surface area contributed by atoms with Crippen LogP contribution in [0.25, 0.3) is 43.4 Å². The van der Waals surface area contributed by atoms with Crippen LogP contribution in [0, 0.1) is 0 Å². The van der Waals surface area contributed by atoms with Crippen LogP contribution in [-0.2, 0) is 6.54 Å². The maximum atomic E-state index is 5.76. The van der Waals surface area contributed by atoms with Crippen molar-refractivity contribution in [2.45, 2.75) is 13.5 Å². The topological polar surface area (TPSA) is 27.1 Å². The van der Waals surface area contributed by atoms with Crippen molar-refractivity contribution >= 4 is 60.3 Å². The molecule has 36 heavy (non-hydrogen) atoms. The van der Waals surface area contributed by atoms with Crippen LogP contribution in [0.15, 0.2) is 116 Å². The molecule has 0 saturated carbocycles. The lowest BCUT2D eigenvalue weighted by Gasteiger charge is -2.13. The van der Waals surface area contributed by atoms with Crippen molar-refractivity contribution < 1.29 is 4.74 Å². The van der Waals surface area contributed by atoms with Crippen molar-refractivity contribution in [1.29, 1.82) is 0 Å². The smallest absolute Gasteiger partial charge is 0.127 e. The van der Waals surface area contributed by atoms with Crippen LogP contribution in [0.4, 0.5) is 0 Å². The van der Waals surface area contributed by atoms with Crippen LogP contribution >= 0.6 is 17.0 Å². The molecule has 4 heteroatoms. The first-order valence-corrected chi connectivity index (χ1v) is 12.0. The monoisotopic (exact) mass is 534 g/mol. The summed E-state index contributed by atoms with van der Waals surface area (Å²) in [5.41, 5.74) is 3.54. The van der Waals surface area contributed by atoms with Crippen molar-refractivity contribution in [1.82, 2.24) is 9.55 Å². The highest BCUT2D eigenvalue weighted by Gasteiger charge is 2.10. The Morgan fingerprint density at radius 2 is 1.33 bits per heavy atom. The number of benzene rings is 6. The van der Waals surface area contributed by atoms with E-state index in [4.69, 9.17) is 4.74 Å². The Balaban J connectivity index is 0.000000146. The molecule has 0 aliphatic carbocycles. The summed E-state index contributed by atoms with van der Waals surface area (Å²) in [6.07, 6.45) is 1.90. The van der Waals surface area contributed by atoms with Crippen molar-refractivity contribution in [3.63, 3.8) is 0 Å². The van der Waals surface area contributed by atoms with Crippen LogP contribution in [0.5, 0.6) is 5.75 Å². The molecule has 1 aromatic heterocycles. The highest BCUT2D eigenvalue weighted by atomic mass is 79.9. The van der Waals surface area contributed by atoms with Crippen LogP contribution in [0.2, 0.25) is 0 Å². The van der Waals surface area contributed by atoms with Gasteiger partial charge in [-0.05, 0) is 58.3 Å². The zero-order chi connectivity index (χ0) is 23.6. The van der Waals surface area contributed by atoms with Crippen molar-refractivity contribution in [3.05, 3.63) is 121 Å². The Hall–Kier alpha value is -3.89. The van der Waals surface area contributed by atoms with Gasteiger partial charge >= 0.3 is 0 Å². The third kappa shape index (κ3) is 4.40. The van der Waals surface area contributed by atoms with Gasteiger partial charge in [0, 0.05) is 17.3 Å². The quantitative estimate of drug-likeness (QED) is 0.211. The second-order valence-electron chi connectivity index (χ2n) is 8.70. The molecule has 7 rings (SSSR count). The third-order valence-corrected chi connectivity index (χ3v) is 6.51. The fourth-order valence-corrected chi connectivity index (χ4v) is 4.91. The Kier molecular flexibility index (Phi) is 6.88. The number of hydrogen-bond acceptors (Lipinski definition) is 2. The molecule has 0 radical (unpaired) electrons. The molecule has 0 amide bonds. The van der Waals surface area contributed by atoms with E-state index in [-0.39, 0.29) is 17.0 Å². The molecule has 0 spiro atoms. The maximum absolute atomic E-state index is 5.76. The lowest BCUT2D eigenvalue weighted by molar-refractivity contribution is 0.344. The molecule has 7 aromatic rings. The second-order valence-corrected chi connectivity index (χ2v) is 8.70. The number of rotatable bonds is 4. The number of fused-ring (bicyclic) bond motifs is 1. The maximum Gasteiger partial charge on any atom is 0.127 e. The molecule has 178 valence electrons. The van der Waals surface area contributed by atoms with Crippen LogP contribution in [0.3, 0.4) is 0 Å². The summed E-state index contributed by atoms with van der Waals surface area (Å²) in [5, 5.41) is 7.75. The Labute approximate surface area is 221 Å². The molecule has 3 nitrogen and oxygen atoms in total. The van der Waals surface area contributed by atoms with Gasteiger partial charge in [-0.2, -0.15) is 0 Å². The Bertz CT molecular complexity index is 1720. The summed E-state index contributed by atoms with van der Waals surface area (Å²) in [5.74, 6) is 0.980. The molecule has 0 atom stereocenters. The van der Waals surface area contributed by atoms with E-state index in [1.807, 2.05) is 37.5 Å². The minimum Gasteiger partial charge on any atom is -0.493 e. The van der Waals surface area contributed by atoms with Crippen LogP contribution < -0.4 is 4.74 Å². The molecule has 0 bridgehead atoms. The molecule has 0 aliphatic heterocycles. The summed E-state index contributed by atoms with van der Waals surface area (Å²) >= 11 is 0. The van der Waals surface area contributed by atoms with E-state index in [2.05, 4.69) is 94.5 Å². The first kappa shape index (κ1) is 23.8. The number of imidazole rings is 1. The summed E-state index contributed by atoms with van der Waals surface area (Å²) < 4.78 is 7.93. The van der Waals surface area contributed by atoms with Gasteiger partial charge in [-0.15, -0.1) is 17.0 Å². The second kappa shape index (κ2) is 10.4. The molecule has 0 unspecified atom stereocenters. The van der Waals surface area contributed by atoms with Crippen molar-refractivity contribution in [3.8, 4) is 5.75 Å². The zero-order valence-corrected chi connectivity index (χ0v) is 21.8. The number of aromatic nitrogens is 2. The van der Waals surface area contributed by atoms with Gasteiger partial charge in [0.05, 0.1) is 24.0 Å². The van der Waals surface area contributed by atoms with Gasteiger partial charge in [0.15, 0.2) is 0 Å². The van der Waals surface area contributed by atoms with Gasteiger partial charge in [0.2, 0.25) is 0 Å². The van der Waals surface area contributed by atoms with E-state index in [1.165, 1.54) is 43.4 Å². The SMILES string of the molecule is Br.CCOc1ccc2ccc3cccc4ccc1c2c34.c1ccc(Cn2cnc3ccccc32)cc1. The number of para-hydroxylation sites is 2. The molecule has 6 aromatic carbocycles. The summed E-state index contributed by atoms with van der Waals surface area (Å²) in [7, 11) is 0. The van der Waals surface area contributed by atoms with E-state index in [0.29, 0.717) is 6.61 Å². The van der Waals surface area contributed by atoms with Gasteiger partial charge in [-0.3, -0.25) is 0 Å². The zero-order valence-electron chi connectivity index (χ0n) is 20.1. The van der Waals surface area contributed by atoms with Gasteiger partial charge in [-0.1, -0.05) is 84.9 Å². The number of halogens is 1. The largest absolute Gasteiger partial charge is 0.493 e. The van der Waals surface area contributed by atoms with Gasteiger partial charge in [-0.25, -0.2) is 4.98 Å². The minimum absolute atomic E-state index is 0. The number of hydrogen-bond donors (Lipinski definition) is 0. The number of ether oxygens (including phenoxy) is 1. The van der Waals surface area contributed by atoms with E-state index in [1.54, 1.807) is 0 Å². The predicted octanol–water partition coefficient (Wildman–Crippen LogP) is 8.65. The summed E-state index contributed by atoms with van der Waals surface area (Å²) in [4.78, 5) is 4.38. The van der Waals surface area contributed by atoms with Crippen molar-refractivity contribution in [2.75, 3.05) is 6.61 Å². The Morgan fingerprint density at radius 1 is 0.667 bits per heavy atom. The predicted molar refractivity (Wildman–Crippen MR) is 157 cm³/mol. The fraction of sp³-hybridized carbons (Fsp3) is 0.0938. The average Bonchev–Trinajstić information content (AvgIpc) is 3.32. The standard InChI is InChI=1S/C18H14O.C14H12N2.BrH/c1-2-19-16-11-9-14-7-6-12-4-3-5-13-8-10-15(16)18(14)17(12)13;1-2-6-12(7-3-1)10-16-11-15-13-8-4-5-9-14(13)16;/h3-11H,2H2,1H3;1-9,11H,10H2;1H. The lowest BCUT2D eigenvalue weighted by atomic mass is 9.94. The van der Waals surface area contributed by atoms with E-state index in [0.717, 1.165) is 17.8 Å². The van der Waals surface area contributed by atoms with E-state index in [9.17, 15) is 0 Å². The molecule has 0 fully saturated rings. The van der Waals surface area contributed by atoms with Gasteiger partial charge < -0.3 is 9.30 Å². The Morgan fingerprint density at radius 3 is 2.11 bits per heavy atom. The highest BCUT2D eigenvalue weighted by Crippen LogP contribution is 2.38. The summed E-state index contributed by atoms with van der Waals surface area (Å²) in [6.45, 7) is 3.60. The number of nitrogens with zero attached hydrogens (tertiary/aromatic N) is 2. The van der Waals surface area contributed by atoms with E-state index < -0.39 is 0 Å². The van der Waals surface area contributed by atoms with Crippen LogP contribution in [-0.4, -0.2) is 16.2 Å². The lowest BCUT2D eigenvalue weighted by Crippen LogP contribution is -1.97. The van der Waals surface area contributed by atoms with Crippen LogP contribution in [0.1, 0.15) is 12.5 Å². The molecular weight excluding hydrogens is 508 g/mol. The molecule has 0 aliphatic rings. The first-order valence-electron chi connectivity index (χ1n) is 12.0. The molecule has 1 heterocycles. The average molecular weight is 535 g/mol. The summed E-state index contributed by atoms with van der Waals surface area (Å²) in [6, 6.07) is 38.1. The first-order chi connectivity index (χ1) is 17.3. The van der Waals surface area contributed by atoms with Gasteiger partial charge in [0.25, 0.3) is 0 Å². The van der Waals surface area contributed by atoms with Gasteiger partial charge in [0.1, 0.15) is 5.75 Å². The minimum atomic E-state index is 0. The molecule has 0 N–H and O–H groups in total. The molecular formula is C32H27BrN2O. The normalized spacial score (nSPS) is 10.9. The van der Waals surface area contributed by atoms with Crippen molar-refractivity contribution in [2.24, 2.45) is 0 Å². The highest BCUT2D eigenvalue weighted by molar-refractivity contribution is 8.93. The van der Waals surface area contributed by atoms with E-state index >= 15 is 0 Å².